The summed E-state index contributed by atoms with van der Waals surface area (Å²) in [5.41, 5.74) is 5.62. The number of hydrogen-bond donors (Lipinski definition) is 2. The monoisotopic (exact) mass is 288 g/mol. The Balaban J connectivity index is 1.91. The molecule has 0 unspecified atom stereocenters. The Morgan fingerprint density at radius 3 is 2.68 bits per heavy atom. The predicted octanol–water partition coefficient (Wildman–Crippen LogP) is 3.88. The fourth-order valence-electron chi connectivity index (χ4n) is 1.92. The molecule has 0 aliphatic heterocycles. The van der Waals surface area contributed by atoms with Gasteiger partial charge in [-0.2, -0.15) is 0 Å². The van der Waals surface area contributed by atoms with Crippen molar-refractivity contribution in [2.45, 2.75) is 10.6 Å². The van der Waals surface area contributed by atoms with Crippen LogP contribution in [0.5, 0.6) is 5.75 Å². The molecule has 0 saturated heterocycles. The van der Waals surface area contributed by atoms with Crippen molar-refractivity contribution < 1.29 is 5.11 Å². The second-order valence-electron chi connectivity index (χ2n) is 4.08. The van der Waals surface area contributed by atoms with Gasteiger partial charge in [-0.25, -0.2) is 4.98 Å². The SMILES string of the molecule is Nc1ncc(CSc2ccc(O)c3ccccc23)s1. The van der Waals surface area contributed by atoms with E-state index in [1.54, 1.807) is 17.8 Å². The summed E-state index contributed by atoms with van der Waals surface area (Å²) >= 11 is 3.24. The third-order valence-electron chi connectivity index (χ3n) is 2.80. The number of thiazole rings is 1. The van der Waals surface area contributed by atoms with Gasteiger partial charge < -0.3 is 10.8 Å². The van der Waals surface area contributed by atoms with E-state index in [1.807, 2.05) is 36.5 Å². The van der Waals surface area contributed by atoms with E-state index < -0.39 is 0 Å². The van der Waals surface area contributed by atoms with Crippen LogP contribution in [-0.2, 0) is 5.75 Å². The van der Waals surface area contributed by atoms with Crippen molar-refractivity contribution >= 4 is 39.0 Å². The molecule has 0 amide bonds. The number of phenolic OH excluding ortho intramolecular Hbond substituents is 1. The first-order chi connectivity index (χ1) is 9.24. The number of hydrogen-bond acceptors (Lipinski definition) is 5. The van der Waals surface area contributed by atoms with Gasteiger partial charge >= 0.3 is 0 Å². The number of aromatic nitrogens is 1. The molecule has 19 heavy (non-hydrogen) atoms. The summed E-state index contributed by atoms with van der Waals surface area (Å²) in [4.78, 5) is 6.35. The number of anilines is 1. The summed E-state index contributed by atoms with van der Waals surface area (Å²) < 4.78 is 0. The zero-order chi connectivity index (χ0) is 13.2. The minimum atomic E-state index is 0.321. The van der Waals surface area contributed by atoms with Gasteiger partial charge in [-0.1, -0.05) is 24.3 Å². The first kappa shape index (κ1) is 12.3. The average molecular weight is 288 g/mol. The highest BCUT2D eigenvalue weighted by molar-refractivity contribution is 7.98. The standard InChI is InChI=1S/C14H12N2OS2/c15-14-16-7-9(19-14)8-18-13-6-5-12(17)10-3-1-2-4-11(10)13/h1-7,17H,8H2,(H2,15,16). The molecule has 3 N–H and O–H groups in total. The quantitative estimate of drug-likeness (QED) is 0.718. The number of aromatic hydroxyl groups is 1. The van der Waals surface area contributed by atoms with Gasteiger partial charge in [-0.3, -0.25) is 0 Å². The van der Waals surface area contributed by atoms with Crippen LogP contribution in [0.1, 0.15) is 4.88 Å². The first-order valence-electron chi connectivity index (χ1n) is 5.78. The van der Waals surface area contributed by atoms with Crippen LogP contribution >= 0.6 is 23.1 Å². The molecule has 0 radical (unpaired) electrons. The van der Waals surface area contributed by atoms with Crippen molar-refractivity contribution in [3.05, 3.63) is 47.5 Å². The number of nitrogens with two attached hydrogens (primary N) is 1. The van der Waals surface area contributed by atoms with Gasteiger partial charge in [0.05, 0.1) is 0 Å². The molecule has 3 aromatic rings. The minimum absolute atomic E-state index is 0.321. The fraction of sp³-hybridized carbons (Fsp3) is 0.0714. The lowest BCUT2D eigenvalue weighted by atomic mass is 10.1. The lowest BCUT2D eigenvalue weighted by Gasteiger charge is -2.07. The van der Waals surface area contributed by atoms with Gasteiger partial charge in [-0.05, 0) is 17.5 Å². The average Bonchev–Trinajstić information content (AvgIpc) is 2.84. The van der Waals surface area contributed by atoms with Crippen LogP contribution in [0, 0.1) is 0 Å². The number of rotatable bonds is 3. The van der Waals surface area contributed by atoms with Crippen LogP contribution in [0.2, 0.25) is 0 Å². The van der Waals surface area contributed by atoms with Crippen LogP contribution in [0.25, 0.3) is 10.8 Å². The summed E-state index contributed by atoms with van der Waals surface area (Å²) in [6.45, 7) is 0. The Morgan fingerprint density at radius 1 is 1.16 bits per heavy atom. The number of nitrogens with zero attached hydrogens (tertiary/aromatic N) is 1. The van der Waals surface area contributed by atoms with Crippen molar-refractivity contribution in [2.24, 2.45) is 0 Å². The second-order valence-corrected chi connectivity index (χ2v) is 6.25. The van der Waals surface area contributed by atoms with Gasteiger partial charge in [0.15, 0.2) is 5.13 Å². The highest BCUT2D eigenvalue weighted by Crippen LogP contribution is 2.35. The Labute approximate surface area is 119 Å². The number of thioether (sulfide) groups is 1. The minimum Gasteiger partial charge on any atom is -0.507 e. The molecule has 0 atom stereocenters. The molecule has 0 saturated carbocycles. The smallest absolute Gasteiger partial charge is 0.180 e. The van der Waals surface area contributed by atoms with Gasteiger partial charge in [0, 0.05) is 27.1 Å². The second kappa shape index (κ2) is 5.11. The fourth-order valence-corrected chi connectivity index (χ4v) is 3.68. The molecule has 3 rings (SSSR count). The van der Waals surface area contributed by atoms with E-state index in [9.17, 15) is 5.11 Å². The molecule has 96 valence electrons. The van der Waals surface area contributed by atoms with E-state index in [1.165, 1.54) is 11.3 Å². The lowest BCUT2D eigenvalue weighted by Crippen LogP contribution is -1.80. The molecular weight excluding hydrogens is 276 g/mol. The predicted molar refractivity (Wildman–Crippen MR) is 81.7 cm³/mol. The molecule has 0 aliphatic carbocycles. The third kappa shape index (κ3) is 2.52. The number of fused-ring (bicyclic) bond motifs is 1. The molecule has 0 aliphatic rings. The van der Waals surface area contributed by atoms with Crippen LogP contribution in [0.4, 0.5) is 5.13 Å². The molecule has 0 spiro atoms. The summed E-state index contributed by atoms with van der Waals surface area (Å²) in [5, 5.41) is 12.4. The number of phenols is 1. The van der Waals surface area contributed by atoms with Crippen molar-refractivity contribution in [2.75, 3.05) is 5.73 Å². The van der Waals surface area contributed by atoms with Crippen molar-refractivity contribution in [3.8, 4) is 5.75 Å². The molecule has 5 heteroatoms. The van der Waals surface area contributed by atoms with Crippen LogP contribution < -0.4 is 5.73 Å². The summed E-state index contributed by atoms with van der Waals surface area (Å²) in [6, 6.07) is 11.6. The van der Waals surface area contributed by atoms with Crippen molar-refractivity contribution in [1.82, 2.24) is 4.98 Å². The largest absolute Gasteiger partial charge is 0.507 e. The molecule has 2 aromatic carbocycles. The maximum atomic E-state index is 9.85. The normalized spacial score (nSPS) is 10.9. The zero-order valence-corrected chi connectivity index (χ0v) is 11.7. The first-order valence-corrected chi connectivity index (χ1v) is 7.58. The number of nitrogen functional groups attached to an aromatic ring is 1. The third-order valence-corrected chi connectivity index (χ3v) is 4.93. The maximum absolute atomic E-state index is 9.85. The van der Waals surface area contributed by atoms with E-state index in [0.717, 1.165) is 26.3 Å². The summed E-state index contributed by atoms with van der Waals surface area (Å²) in [5.74, 6) is 1.16. The molecular formula is C14H12N2OS2. The summed E-state index contributed by atoms with van der Waals surface area (Å²) in [7, 11) is 0. The maximum Gasteiger partial charge on any atom is 0.180 e. The van der Waals surface area contributed by atoms with E-state index >= 15 is 0 Å². The highest BCUT2D eigenvalue weighted by atomic mass is 32.2. The lowest BCUT2D eigenvalue weighted by molar-refractivity contribution is 0.481. The van der Waals surface area contributed by atoms with Gasteiger partial charge in [0.25, 0.3) is 0 Å². The Hall–Kier alpha value is -1.72. The number of benzene rings is 2. The molecule has 1 heterocycles. The molecule has 3 nitrogen and oxygen atoms in total. The van der Waals surface area contributed by atoms with E-state index in [0.29, 0.717) is 10.9 Å². The molecule has 0 fully saturated rings. The van der Waals surface area contributed by atoms with Crippen LogP contribution in [0.15, 0.2) is 47.5 Å². The van der Waals surface area contributed by atoms with E-state index in [-0.39, 0.29) is 0 Å². The Morgan fingerprint density at radius 2 is 1.95 bits per heavy atom. The van der Waals surface area contributed by atoms with Gasteiger partial charge in [0.1, 0.15) is 5.75 Å². The summed E-state index contributed by atoms with van der Waals surface area (Å²) in [6.07, 6.45) is 1.82. The van der Waals surface area contributed by atoms with Crippen molar-refractivity contribution in [3.63, 3.8) is 0 Å². The zero-order valence-electron chi connectivity index (χ0n) is 10.0. The van der Waals surface area contributed by atoms with Crippen LogP contribution in [0.3, 0.4) is 0 Å². The van der Waals surface area contributed by atoms with Gasteiger partial charge in [0.2, 0.25) is 0 Å². The van der Waals surface area contributed by atoms with E-state index in [2.05, 4.69) is 4.98 Å². The Bertz CT molecular complexity index is 724. The van der Waals surface area contributed by atoms with Crippen LogP contribution in [-0.4, -0.2) is 10.1 Å². The molecule has 0 bridgehead atoms. The van der Waals surface area contributed by atoms with Crippen molar-refractivity contribution in [1.29, 1.82) is 0 Å². The topological polar surface area (TPSA) is 59.1 Å². The van der Waals surface area contributed by atoms with Gasteiger partial charge in [-0.15, -0.1) is 23.1 Å². The Kier molecular flexibility index (Phi) is 3.31. The molecule has 1 aromatic heterocycles. The van der Waals surface area contributed by atoms with E-state index in [4.69, 9.17) is 5.73 Å². The highest BCUT2D eigenvalue weighted by Gasteiger charge is 2.06.